The Morgan fingerprint density at radius 1 is 0.939 bits per heavy atom. The number of aryl methyl sites for hydroxylation is 2. The Labute approximate surface area is 195 Å². The van der Waals surface area contributed by atoms with Gasteiger partial charge in [-0.15, -0.1) is 0 Å². The molecular formula is C24H20ClN3O4S. The minimum absolute atomic E-state index is 0.0177. The minimum Gasteiger partial charge on any atom is -0.322 e. The molecule has 7 nitrogen and oxygen atoms in total. The lowest BCUT2D eigenvalue weighted by Crippen LogP contribution is -2.22. The van der Waals surface area contributed by atoms with E-state index >= 15 is 0 Å². The Balaban J connectivity index is 1.67. The number of hydrogen-bond donors (Lipinski definition) is 2. The number of benzene rings is 3. The van der Waals surface area contributed by atoms with Crippen molar-refractivity contribution in [2.75, 3.05) is 10.0 Å². The normalized spacial score (nSPS) is 11.4. The van der Waals surface area contributed by atoms with Gasteiger partial charge in [-0.1, -0.05) is 35.9 Å². The van der Waals surface area contributed by atoms with Crippen LogP contribution in [0.25, 0.3) is 10.9 Å². The summed E-state index contributed by atoms with van der Waals surface area (Å²) in [6.07, 6.45) is 0. The van der Waals surface area contributed by atoms with Crippen molar-refractivity contribution >= 4 is 49.8 Å². The predicted molar refractivity (Wildman–Crippen MR) is 131 cm³/mol. The van der Waals surface area contributed by atoms with Crippen LogP contribution in [0.5, 0.6) is 0 Å². The highest BCUT2D eigenvalue weighted by molar-refractivity contribution is 7.92. The first-order valence-corrected chi connectivity index (χ1v) is 11.8. The van der Waals surface area contributed by atoms with Crippen LogP contribution in [-0.2, 0) is 17.1 Å². The molecule has 0 fully saturated rings. The largest absolute Gasteiger partial charge is 0.322 e. The number of fused-ring (bicyclic) bond motifs is 1. The maximum Gasteiger partial charge on any atom is 0.262 e. The highest BCUT2D eigenvalue weighted by atomic mass is 35.5. The van der Waals surface area contributed by atoms with E-state index in [4.69, 9.17) is 11.6 Å². The fraction of sp³-hybridized carbons (Fsp3) is 0.0833. The fourth-order valence-corrected chi connectivity index (χ4v) is 4.95. The Morgan fingerprint density at radius 3 is 2.33 bits per heavy atom. The Kier molecular flexibility index (Phi) is 5.97. The molecule has 2 N–H and O–H groups in total. The monoisotopic (exact) mass is 481 g/mol. The summed E-state index contributed by atoms with van der Waals surface area (Å²) in [4.78, 5) is 25.4. The summed E-state index contributed by atoms with van der Waals surface area (Å²) in [6, 6.07) is 19.2. The number of para-hydroxylation sites is 1. The Bertz CT molecular complexity index is 1540. The second-order valence-corrected chi connectivity index (χ2v) is 9.61. The molecule has 0 radical (unpaired) electrons. The molecule has 0 unspecified atom stereocenters. The summed E-state index contributed by atoms with van der Waals surface area (Å²) in [7, 11) is -2.29. The lowest BCUT2D eigenvalue weighted by molar-refractivity contribution is 0.102. The van der Waals surface area contributed by atoms with Crippen LogP contribution in [0.1, 0.15) is 15.9 Å². The van der Waals surface area contributed by atoms with Gasteiger partial charge in [0.15, 0.2) is 0 Å². The van der Waals surface area contributed by atoms with Gasteiger partial charge in [0.1, 0.15) is 0 Å². The van der Waals surface area contributed by atoms with Crippen molar-refractivity contribution in [3.8, 4) is 0 Å². The molecule has 3 aromatic carbocycles. The van der Waals surface area contributed by atoms with E-state index in [1.807, 2.05) is 0 Å². The van der Waals surface area contributed by atoms with Gasteiger partial charge < -0.3 is 9.88 Å². The van der Waals surface area contributed by atoms with Gasteiger partial charge in [-0.2, -0.15) is 0 Å². The molecule has 33 heavy (non-hydrogen) atoms. The molecule has 9 heteroatoms. The number of hydrogen-bond acceptors (Lipinski definition) is 4. The number of amides is 1. The van der Waals surface area contributed by atoms with Crippen LogP contribution in [0, 0.1) is 6.92 Å². The third-order valence-electron chi connectivity index (χ3n) is 5.23. The van der Waals surface area contributed by atoms with E-state index in [0.29, 0.717) is 27.2 Å². The summed E-state index contributed by atoms with van der Waals surface area (Å²) >= 11 is 5.86. The van der Waals surface area contributed by atoms with Crippen molar-refractivity contribution in [2.45, 2.75) is 11.8 Å². The summed E-state index contributed by atoms with van der Waals surface area (Å²) in [5.41, 5.74) is 1.66. The molecule has 4 rings (SSSR count). The molecule has 0 saturated carbocycles. The smallest absolute Gasteiger partial charge is 0.262 e. The number of aromatic nitrogens is 1. The first kappa shape index (κ1) is 22.6. The van der Waals surface area contributed by atoms with E-state index in [2.05, 4.69) is 10.0 Å². The van der Waals surface area contributed by atoms with Gasteiger partial charge >= 0.3 is 0 Å². The van der Waals surface area contributed by atoms with Crippen molar-refractivity contribution in [3.05, 3.63) is 99.3 Å². The molecule has 1 heterocycles. The molecule has 0 aliphatic carbocycles. The van der Waals surface area contributed by atoms with E-state index in [9.17, 15) is 18.0 Å². The average molecular weight is 482 g/mol. The number of halogens is 1. The van der Waals surface area contributed by atoms with Crippen molar-refractivity contribution in [1.29, 1.82) is 0 Å². The molecule has 0 atom stereocenters. The molecule has 0 aliphatic rings. The van der Waals surface area contributed by atoms with Crippen molar-refractivity contribution in [1.82, 2.24) is 4.57 Å². The second-order valence-electron chi connectivity index (χ2n) is 7.52. The van der Waals surface area contributed by atoms with Crippen LogP contribution in [0.2, 0.25) is 5.02 Å². The number of sulfonamides is 1. The standard InChI is InChI=1S/C24H20ClN3O4S/c1-15-7-10-18(13-22(15)33(31,32)27-17-11-8-16(25)9-12-17)26-24(30)20-14-23(29)28(2)21-6-4-3-5-19(20)21/h3-14,27H,1-2H3,(H,26,30). The zero-order valence-corrected chi connectivity index (χ0v) is 19.4. The SMILES string of the molecule is Cc1ccc(NC(=O)c2cc(=O)n(C)c3ccccc23)cc1S(=O)(=O)Nc1ccc(Cl)cc1. The zero-order chi connectivity index (χ0) is 23.8. The Hall–Kier alpha value is -3.62. The summed E-state index contributed by atoms with van der Waals surface area (Å²) in [6.45, 7) is 1.66. The number of nitrogens with zero attached hydrogens (tertiary/aromatic N) is 1. The second kappa shape index (κ2) is 8.73. The summed E-state index contributed by atoms with van der Waals surface area (Å²) in [5, 5.41) is 3.81. The van der Waals surface area contributed by atoms with Crippen LogP contribution >= 0.6 is 11.6 Å². The lowest BCUT2D eigenvalue weighted by Gasteiger charge is -2.14. The average Bonchev–Trinajstić information content (AvgIpc) is 2.79. The molecular weight excluding hydrogens is 462 g/mol. The molecule has 0 aliphatic heterocycles. The van der Waals surface area contributed by atoms with Crippen LogP contribution in [-0.4, -0.2) is 18.9 Å². The number of anilines is 2. The fourth-order valence-electron chi connectivity index (χ4n) is 3.49. The molecule has 4 aromatic rings. The number of pyridine rings is 1. The van der Waals surface area contributed by atoms with E-state index in [1.165, 1.54) is 16.7 Å². The number of nitrogens with one attached hydrogen (secondary N) is 2. The highest BCUT2D eigenvalue weighted by Crippen LogP contribution is 2.25. The first-order valence-electron chi connectivity index (χ1n) is 9.95. The highest BCUT2D eigenvalue weighted by Gasteiger charge is 2.19. The maximum atomic E-state index is 13.0. The number of carbonyl (C=O) groups is 1. The van der Waals surface area contributed by atoms with Gasteiger partial charge in [0.2, 0.25) is 0 Å². The topological polar surface area (TPSA) is 97.3 Å². The van der Waals surface area contributed by atoms with Crippen molar-refractivity contribution in [2.24, 2.45) is 7.05 Å². The van der Waals surface area contributed by atoms with E-state index in [1.54, 1.807) is 74.6 Å². The summed E-state index contributed by atoms with van der Waals surface area (Å²) < 4.78 is 29.9. The van der Waals surface area contributed by atoms with Crippen molar-refractivity contribution < 1.29 is 13.2 Å². The van der Waals surface area contributed by atoms with Crippen LogP contribution in [0.3, 0.4) is 0 Å². The van der Waals surface area contributed by atoms with E-state index in [0.717, 1.165) is 0 Å². The van der Waals surface area contributed by atoms with Gasteiger partial charge in [0, 0.05) is 34.9 Å². The van der Waals surface area contributed by atoms with Gasteiger partial charge in [-0.3, -0.25) is 14.3 Å². The van der Waals surface area contributed by atoms with Crippen molar-refractivity contribution in [3.63, 3.8) is 0 Å². The Morgan fingerprint density at radius 2 is 1.61 bits per heavy atom. The third kappa shape index (κ3) is 4.62. The number of rotatable bonds is 5. The minimum atomic E-state index is -3.92. The molecule has 168 valence electrons. The molecule has 1 amide bonds. The van der Waals surface area contributed by atoms with Crippen LogP contribution in [0.15, 0.2) is 82.5 Å². The van der Waals surface area contributed by atoms with Crippen LogP contribution < -0.4 is 15.6 Å². The first-order chi connectivity index (χ1) is 15.7. The van der Waals surface area contributed by atoms with Gasteiger partial charge in [0.05, 0.1) is 16.0 Å². The molecule has 0 spiro atoms. The van der Waals surface area contributed by atoms with Gasteiger partial charge in [-0.05, 0) is 55.0 Å². The third-order valence-corrected chi connectivity index (χ3v) is 7.01. The molecule has 0 saturated heterocycles. The predicted octanol–water partition coefficient (Wildman–Crippen LogP) is 4.55. The quantitative estimate of drug-likeness (QED) is 0.437. The zero-order valence-electron chi connectivity index (χ0n) is 17.8. The molecule has 0 bridgehead atoms. The molecule has 1 aromatic heterocycles. The van der Waals surface area contributed by atoms with E-state index in [-0.39, 0.29) is 21.7 Å². The number of carbonyl (C=O) groups excluding carboxylic acids is 1. The lowest BCUT2D eigenvalue weighted by atomic mass is 10.1. The van der Waals surface area contributed by atoms with E-state index < -0.39 is 15.9 Å². The maximum absolute atomic E-state index is 13.0. The van der Waals surface area contributed by atoms with Crippen LogP contribution in [0.4, 0.5) is 11.4 Å². The van der Waals surface area contributed by atoms with Gasteiger partial charge in [0.25, 0.3) is 21.5 Å². The summed E-state index contributed by atoms with van der Waals surface area (Å²) in [5.74, 6) is -0.512. The van der Waals surface area contributed by atoms with Gasteiger partial charge in [-0.25, -0.2) is 8.42 Å².